The molecule has 1 fully saturated rings. The Morgan fingerprint density at radius 2 is 2.03 bits per heavy atom. The van der Waals surface area contributed by atoms with Crippen LogP contribution in [0.4, 0.5) is 4.39 Å². The number of rotatable bonds is 8. The Kier molecular flexibility index (Phi) is 7.91. The molecule has 38 heavy (non-hydrogen) atoms. The van der Waals surface area contributed by atoms with Crippen molar-refractivity contribution in [3.63, 3.8) is 0 Å². The lowest BCUT2D eigenvalue weighted by Gasteiger charge is -2.32. The van der Waals surface area contributed by atoms with Crippen LogP contribution >= 0.6 is 11.6 Å². The van der Waals surface area contributed by atoms with E-state index in [0.29, 0.717) is 42.0 Å². The highest BCUT2D eigenvalue weighted by atomic mass is 35.5. The fourth-order valence-electron chi connectivity index (χ4n) is 5.09. The molecule has 202 valence electrons. The number of hydrogen-bond donors (Lipinski definition) is 0. The second-order valence-electron chi connectivity index (χ2n) is 10.2. The van der Waals surface area contributed by atoms with Crippen molar-refractivity contribution < 1.29 is 23.4 Å². The van der Waals surface area contributed by atoms with Crippen molar-refractivity contribution in [2.75, 3.05) is 32.8 Å². The van der Waals surface area contributed by atoms with Crippen LogP contribution < -0.4 is 9.47 Å². The molecular weight excluding hydrogens is 509 g/mol. The third-order valence-electron chi connectivity index (χ3n) is 7.08. The number of aromatic nitrogens is 2. The Labute approximate surface area is 227 Å². The predicted molar refractivity (Wildman–Crippen MR) is 145 cm³/mol. The van der Waals surface area contributed by atoms with Crippen molar-refractivity contribution >= 4 is 34.5 Å². The molecule has 7 nitrogen and oxygen atoms in total. The van der Waals surface area contributed by atoms with Crippen molar-refractivity contribution in [2.24, 2.45) is 5.92 Å². The smallest absolute Gasteiger partial charge is 0.309 e. The van der Waals surface area contributed by atoms with Crippen LogP contribution in [0.15, 0.2) is 35.9 Å². The molecular formula is C29H33ClFN3O4. The van der Waals surface area contributed by atoms with E-state index >= 15 is 4.39 Å². The molecule has 0 saturated carbocycles. The summed E-state index contributed by atoms with van der Waals surface area (Å²) in [5.74, 6) is 0.362. The number of esters is 1. The molecule has 1 saturated heterocycles. The van der Waals surface area contributed by atoms with Crippen LogP contribution in [-0.2, 0) is 16.1 Å². The number of piperidine rings is 1. The van der Waals surface area contributed by atoms with Gasteiger partial charge in [-0.25, -0.2) is 4.39 Å². The van der Waals surface area contributed by atoms with E-state index in [1.807, 2.05) is 35.9 Å². The maximum atomic E-state index is 15.1. The number of halogens is 2. The summed E-state index contributed by atoms with van der Waals surface area (Å²) in [5.41, 5.74) is 3.32. The number of hydrogen-bond acceptors (Lipinski definition) is 6. The summed E-state index contributed by atoms with van der Waals surface area (Å²) >= 11 is 6.35. The monoisotopic (exact) mass is 541 g/mol. The maximum Gasteiger partial charge on any atom is 0.309 e. The zero-order valence-corrected chi connectivity index (χ0v) is 22.8. The van der Waals surface area contributed by atoms with Crippen molar-refractivity contribution in [2.45, 2.75) is 46.3 Å². The highest BCUT2D eigenvalue weighted by Crippen LogP contribution is 2.34. The minimum atomic E-state index is -0.382. The largest absolute Gasteiger partial charge is 0.489 e. The molecule has 0 spiro atoms. The standard InChI is InChI=1S/C29H33ClFN3O4/c1-4-36-29(35)21-7-9-33(10-8-21)15-20-12-23-25(31)13-22(14-27(23)38-17-20)37-16-19-5-6-26-24(11-19)28(30)32-34(26)18(2)3/h5-6,11-14,18,21H,4,7-10,15-17H2,1-3H3. The summed E-state index contributed by atoms with van der Waals surface area (Å²) in [6.45, 7) is 9.30. The van der Waals surface area contributed by atoms with Gasteiger partial charge in [-0.1, -0.05) is 17.7 Å². The first-order valence-corrected chi connectivity index (χ1v) is 13.5. The van der Waals surface area contributed by atoms with Gasteiger partial charge in [-0.15, -0.1) is 0 Å². The van der Waals surface area contributed by atoms with Gasteiger partial charge in [-0.2, -0.15) is 5.10 Å². The minimum Gasteiger partial charge on any atom is -0.489 e. The Morgan fingerprint density at radius 3 is 2.76 bits per heavy atom. The molecule has 3 aromatic rings. The van der Waals surface area contributed by atoms with Crippen LogP contribution in [0, 0.1) is 11.7 Å². The molecule has 9 heteroatoms. The minimum absolute atomic E-state index is 0.0315. The van der Waals surface area contributed by atoms with E-state index in [9.17, 15) is 4.79 Å². The number of likely N-dealkylation sites (tertiary alicyclic amines) is 1. The first kappa shape index (κ1) is 26.5. The number of carbonyl (C=O) groups excluding carboxylic acids is 1. The molecule has 0 radical (unpaired) electrons. The van der Waals surface area contributed by atoms with Crippen molar-refractivity contribution in [3.8, 4) is 11.5 Å². The van der Waals surface area contributed by atoms with E-state index in [1.165, 1.54) is 6.07 Å². The fraction of sp³-hybridized carbons (Fsp3) is 0.448. The summed E-state index contributed by atoms with van der Waals surface area (Å²) in [4.78, 5) is 14.3. The zero-order valence-electron chi connectivity index (χ0n) is 22.0. The van der Waals surface area contributed by atoms with Gasteiger partial charge < -0.3 is 14.2 Å². The predicted octanol–water partition coefficient (Wildman–Crippen LogP) is 6.04. The maximum absolute atomic E-state index is 15.1. The lowest BCUT2D eigenvalue weighted by atomic mass is 9.96. The van der Waals surface area contributed by atoms with E-state index in [0.717, 1.165) is 48.0 Å². The summed E-state index contributed by atoms with van der Waals surface area (Å²) < 4.78 is 34.0. The molecule has 0 atom stereocenters. The Balaban J connectivity index is 1.22. The van der Waals surface area contributed by atoms with Crippen LogP contribution in [0.1, 0.15) is 50.8 Å². The van der Waals surface area contributed by atoms with Gasteiger partial charge in [0.2, 0.25) is 0 Å². The molecule has 2 aliphatic heterocycles. The molecule has 5 rings (SSSR count). The lowest BCUT2D eigenvalue weighted by molar-refractivity contribution is -0.149. The average molecular weight is 542 g/mol. The van der Waals surface area contributed by atoms with Crippen LogP contribution in [0.5, 0.6) is 11.5 Å². The number of carbonyl (C=O) groups is 1. The first-order valence-electron chi connectivity index (χ1n) is 13.2. The average Bonchev–Trinajstić information content (AvgIpc) is 3.24. The Hall–Kier alpha value is -3.10. The van der Waals surface area contributed by atoms with Crippen LogP contribution in [-0.4, -0.2) is 53.5 Å². The summed E-state index contributed by atoms with van der Waals surface area (Å²) in [5, 5.41) is 5.73. The van der Waals surface area contributed by atoms with Crippen LogP contribution in [0.3, 0.4) is 0 Å². The molecule has 0 aliphatic carbocycles. The zero-order chi connectivity index (χ0) is 26.8. The first-order chi connectivity index (χ1) is 18.3. The van der Waals surface area contributed by atoms with Gasteiger partial charge in [0.25, 0.3) is 0 Å². The number of benzene rings is 2. The van der Waals surface area contributed by atoms with E-state index in [4.69, 9.17) is 25.8 Å². The van der Waals surface area contributed by atoms with E-state index in [-0.39, 0.29) is 30.4 Å². The molecule has 0 unspecified atom stereocenters. The van der Waals surface area contributed by atoms with Gasteiger partial charge >= 0.3 is 5.97 Å². The number of fused-ring (bicyclic) bond motifs is 2. The Morgan fingerprint density at radius 1 is 1.24 bits per heavy atom. The SMILES string of the molecule is CCOC(=O)C1CCN(CC2=Cc3c(F)cc(OCc4ccc5c(c4)c(Cl)nn5C(C)C)cc3OC2)CC1. The van der Waals surface area contributed by atoms with E-state index < -0.39 is 0 Å². The lowest BCUT2D eigenvalue weighted by Crippen LogP contribution is -2.38. The van der Waals surface area contributed by atoms with Crippen molar-refractivity contribution in [1.82, 2.24) is 14.7 Å². The molecule has 3 heterocycles. The summed E-state index contributed by atoms with van der Waals surface area (Å²) in [6, 6.07) is 9.24. The molecule has 2 aromatic carbocycles. The second kappa shape index (κ2) is 11.3. The van der Waals surface area contributed by atoms with E-state index in [2.05, 4.69) is 23.8 Å². The summed E-state index contributed by atoms with van der Waals surface area (Å²) in [7, 11) is 0. The van der Waals surface area contributed by atoms with Crippen molar-refractivity contribution in [3.05, 3.63) is 58.0 Å². The molecule has 0 amide bonds. The van der Waals surface area contributed by atoms with Gasteiger partial charge in [-0.3, -0.25) is 14.4 Å². The van der Waals surface area contributed by atoms with Crippen LogP contribution in [0.25, 0.3) is 17.0 Å². The van der Waals surface area contributed by atoms with E-state index in [1.54, 1.807) is 6.07 Å². The molecule has 2 aliphatic rings. The van der Waals surface area contributed by atoms with Gasteiger partial charge in [0, 0.05) is 30.1 Å². The normalized spacial score (nSPS) is 16.3. The summed E-state index contributed by atoms with van der Waals surface area (Å²) in [6.07, 6.45) is 3.42. The molecule has 0 N–H and O–H groups in total. The van der Waals surface area contributed by atoms with Gasteiger partial charge in [0.1, 0.15) is 30.5 Å². The third-order valence-corrected chi connectivity index (χ3v) is 7.36. The number of ether oxygens (including phenoxy) is 3. The quantitative estimate of drug-likeness (QED) is 0.324. The fourth-order valence-corrected chi connectivity index (χ4v) is 5.33. The number of nitrogens with zero attached hydrogens (tertiary/aromatic N) is 3. The second-order valence-corrected chi connectivity index (χ2v) is 10.5. The van der Waals surface area contributed by atoms with Gasteiger partial charge in [-0.05, 0) is 76.0 Å². The highest BCUT2D eigenvalue weighted by Gasteiger charge is 2.27. The topological polar surface area (TPSA) is 65.8 Å². The van der Waals surface area contributed by atoms with Crippen LogP contribution in [0.2, 0.25) is 5.15 Å². The molecule has 1 aromatic heterocycles. The Bertz CT molecular complexity index is 1360. The third kappa shape index (κ3) is 5.66. The van der Waals surface area contributed by atoms with Crippen molar-refractivity contribution in [1.29, 1.82) is 0 Å². The van der Waals surface area contributed by atoms with Gasteiger partial charge in [0.15, 0.2) is 5.15 Å². The van der Waals surface area contributed by atoms with Gasteiger partial charge in [0.05, 0.1) is 23.6 Å². The highest BCUT2D eigenvalue weighted by molar-refractivity contribution is 6.34. The molecule has 0 bridgehead atoms.